The number of rotatable bonds is 0. The number of carbonyl (C=O) groups excluding carboxylic acids is 1. The summed E-state index contributed by atoms with van der Waals surface area (Å²) in [7, 11) is 1.83. The summed E-state index contributed by atoms with van der Waals surface area (Å²) in [6, 6.07) is 0. The molecule has 0 aromatic heterocycles. The fourth-order valence-corrected chi connectivity index (χ4v) is 1.35. The van der Waals surface area contributed by atoms with E-state index in [-0.39, 0.29) is 6.09 Å². The van der Waals surface area contributed by atoms with Crippen LogP contribution in [0.2, 0.25) is 0 Å². The van der Waals surface area contributed by atoms with Gasteiger partial charge in [-0.3, -0.25) is 4.90 Å². The lowest BCUT2D eigenvalue weighted by Gasteiger charge is -2.37. The summed E-state index contributed by atoms with van der Waals surface area (Å²) >= 11 is 0. The third-order valence-corrected chi connectivity index (χ3v) is 2.27. The van der Waals surface area contributed by atoms with Gasteiger partial charge in [0.1, 0.15) is 11.8 Å². The SMILES string of the molecule is CN1CCN(C(=O)OC(C)(C)C)CC1O. The molecule has 5 nitrogen and oxygen atoms in total. The number of aliphatic hydroxyl groups excluding tert-OH is 1. The minimum Gasteiger partial charge on any atom is -0.444 e. The summed E-state index contributed by atoms with van der Waals surface area (Å²) in [4.78, 5) is 15.0. The van der Waals surface area contributed by atoms with Crippen molar-refractivity contribution >= 4 is 6.09 Å². The Balaban J connectivity index is 2.48. The molecule has 5 heteroatoms. The average Bonchev–Trinajstić information content (AvgIpc) is 2.06. The monoisotopic (exact) mass is 216 g/mol. The van der Waals surface area contributed by atoms with Crippen molar-refractivity contribution in [3.63, 3.8) is 0 Å². The minimum atomic E-state index is -0.591. The Morgan fingerprint density at radius 2 is 2.00 bits per heavy atom. The van der Waals surface area contributed by atoms with E-state index in [1.807, 2.05) is 27.8 Å². The third-order valence-electron chi connectivity index (χ3n) is 2.27. The van der Waals surface area contributed by atoms with Gasteiger partial charge in [-0.25, -0.2) is 4.79 Å². The lowest BCUT2D eigenvalue weighted by Crippen LogP contribution is -2.54. The standard InChI is InChI=1S/C10H20N2O3/c1-10(2,3)15-9(14)12-6-5-11(4)8(13)7-12/h8,13H,5-7H2,1-4H3. The Morgan fingerprint density at radius 3 is 2.47 bits per heavy atom. The van der Waals surface area contributed by atoms with E-state index in [2.05, 4.69) is 0 Å². The molecule has 1 rings (SSSR count). The maximum atomic E-state index is 11.6. The minimum absolute atomic E-state index is 0.311. The first-order valence-electron chi connectivity index (χ1n) is 5.16. The van der Waals surface area contributed by atoms with E-state index in [1.165, 1.54) is 4.90 Å². The molecule has 0 aliphatic carbocycles. The summed E-state index contributed by atoms with van der Waals surface area (Å²) in [5.41, 5.74) is -0.481. The van der Waals surface area contributed by atoms with Gasteiger partial charge in [0.25, 0.3) is 0 Å². The number of β-amino-alcohol motifs (C(OH)–C–C–N with tert-alkyl or cyclic N) is 1. The van der Waals surface area contributed by atoms with E-state index in [9.17, 15) is 9.90 Å². The maximum Gasteiger partial charge on any atom is 0.410 e. The number of amides is 1. The molecule has 1 amide bonds. The van der Waals surface area contributed by atoms with Gasteiger partial charge in [0.15, 0.2) is 0 Å². The van der Waals surface area contributed by atoms with Crippen molar-refractivity contribution in [1.29, 1.82) is 0 Å². The fourth-order valence-electron chi connectivity index (χ4n) is 1.35. The van der Waals surface area contributed by atoms with Gasteiger partial charge in [-0.15, -0.1) is 0 Å². The topological polar surface area (TPSA) is 53.0 Å². The molecule has 1 saturated heterocycles. The molecule has 0 spiro atoms. The van der Waals surface area contributed by atoms with Crippen LogP contribution in [0.4, 0.5) is 4.79 Å². The van der Waals surface area contributed by atoms with E-state index < -0.39 is 11.8 Å². The molecule has 15 heavy (non-hydrogen) atoms. The molecule has 0 aromatic carbocycles. The van der Waals surface area contributed by atoms with Gasteiger partial charge < -0.3 is 14.7 Å². The first-order valence-corrected chi connectivity index (χ1v) is 5.16. The van der Waals surface area contributed by atoms with Gasteiger partial charge in [-0.05, 0) is 27.8 Å². The van der Waals surface area contributed by atoms with E-state index in [0.29, 0.717) is 19.6 Å². The first-order chi connectivity index (χ1) is 6.79. The molecule has 1 aliphatic rings. The Bertz CT molecular complexity index is 237. The quantitative estimate of drug-likeness (QED) is 0.640. The van der Waals surface area contributed by atoms with Gasteiger partial charge in [0, 0.05) is 13.1 Å². The number of ether oxygens (including phenoxy) is 1. The van der Waals surface area contributed by atoms with Crippen molar-refractivity contribution in [3.05, 3.63) is 0 Å². The van der Waals surface area contributed by atoms with Crippen LogP contribution in [0, 0.1) is 0 Å². The predicted molar refractivity (Wildman–Crippen MR) is 56.4 cm³/mol. The summed E-state index contributed by atoms with van der Waals surface area (Å²) in [6.07, 6.45) is -0.944. The highest BCUT2D eigenvalue weighted by atomic mass is 16.6. The molecule has 0 aromatic rings. The van der Waals surface area contributed by atoms with Crippen molar-refractivity contribution in [3.8, 4) is 0 Å². The van der Waals surface area contributed by atoms with Crippen LogP contribution in [0.3, 0.4) is 0 Å². The molecule has 1 N–H and O–H groups in total. The zero-order valence-electron chi connectivity index (χ0n) is 9.86. The average molecular weight is 216 g/mol. The van der Waals surface area contributed by atoms with E-state index >= 15 is 0 Å². The molecule has 1 unspecified atom stereocenters. The summed E-state index contributed by atoms with van der Waals surface area (Å²) in [5.74, 6) is 0. The number of aliphatic hydroxyl groups is 1. The van der Waals surface area contributed by atoms with Crippen LogP contribution in [0.15, 0.2) is 0 Å². The van der Waals surface area contributed by atoms with Crippen molar-refractivity contribution in [2.24, 2.45) is 0 Å². The number of nitrogens with zero attached hydrogens (tertiary/aromatic N) is 2. The van der Waals surface area contributed by atoms with Crippen molar-refractivity contribution < 1.29 is 14.6 Å². The summed E-state index contributed by atoms with van der Waals surface area (Å²) in [6.45, 7) is 7.07. The molecular weight excluding hydrogens is 196 g/mol. The van der Waals surface area contributed by atoms with Crippen molar-refractivity contribution in [2.45, 2.75) is 32.6 Å². The number of hydrogen-bond donors (Lipinski definition) is 1. The van der Waals surface area contributed by atoms with Crippen LogP contribution in [-0.4, -0.2) is 59.5 Å². The van der Waals surface area contributed by atoms with Crippen LogP contribution in [0.1, 0.15) is 20.8 Å². The van der Waals surface area contributed by atoms with Gasteiger partial charge in [0.05, 0.1) is 6.54 Å². The van der Waals surface area contributed by atoms with Crippen LogP contribution < -0.4 is 0 Å². The number of likely N-dealkylation sites (N-methyl/N-ethyl adjacent to an activating group) is 1. The number of carbonyl (C=O) groups is 1. The van der Waals surface area contributed by atoms with Gasteiger partial charge in [-0.1, -0.05) is 0 Å². The molecule has 0 bridgehead atoms. The summed E-state index contributed by atoms with van der Waals surface area (Å²) in [5, 5.41) is 9.57. The third kappa shape index (κ3) is 3.68. The Kier molecular flexibility index (Phi) is 3.57. The fraction of sp³-hybridized carbons (Fsp3) is 0.900. The number of hydrogen-bond acceptors (Lipinski definition) is 4. The van der Waals surface area contributed by atoms with Crippen LogP contribution in [0.5, 0.6) is 0 Å². The van der Waals surface area contributed by atoms with Crippen LogP contribution in [-0.2, 0) is 4.74 Å². The molecule has 1 aliphatic heterocycles. The first kappa shape index (κ1) is 12.3. The molecular formula is C10H20N2O3. The Hall–Kier alpha value is -0.810. The van der Waals surface area contributed by atoms with Crippen molar-refractivity contribution in [1.82, 2.24) is 9.80 Å². The van der Waals surface area contributed by atoms with E-state index in [0.717, 1.165) is 0 Å². The van der Waals surface area contributed by atoms with E-state index in [4.69, 9.17) is 4.74 Å². The van der Waals surface area contributed by atoms with Crippen LogP contribution in [0.25, 0.3) is 0 Å². The van der Waals surface area contributed by atoms with Gasteiger partial charge in [-0.2, -0.15) is 0 Å². The molecule has 0 saturated carbocycles. The zero-order chi connectivity index (χ0) is 11.6. The maximum absolute atomic E-state index is 11.6. The predicted octanol–water partition coefficient (Wildman–Crippen LogP) is 0.487. The molecule has 1 atom stereocenters. The van der Waals surface area contributed by atoms with Gasteiger partial charge in [0.2, 0.25) is 0 Å². The number of piperazine rings is 1. The van der Waals surface area contributed by atoms with Crippen LogP contribution >= 0.6 is 0 Å². The Labute approximate surface area is 90.6 Å². The molecule has 1 fully saturated rings. The van der Waals surface area contributed by atoms with E-state index in [1.54, 1.807) is 4.90 Å². The second kappa shape index (κ2) is 4.37. The second-order valence-electron chi connectivity index (χ2n) is 4.89. The van der Waals surface area contributed by atoms with Gasteiger partial charge >= 0.3 is 6.09 Å². The molecule has 1 heterocycles. The highest BCUT2D eigenvalue weighted by Crippen LogP contribution is 2.12. The molecule has 0 radical (unpaired) electrons. The summed E-state index contributed by atoms with van der Waals surface area (Å²) < 4.78 is 5.22. The lowest BCUT2D eigenvalue weighted by atomic mass is 10.2. The Morgan fingerprint density at radius 1 is 1.40 bits per heavy atom. The normalized spacial score (nSPS) is 24.1. The smallest absolute Gasteiger partial charge is 0.410 e. The second-order valence-corrected chi connectivity index (χ2v) is 4.89. The van der Waals surface area contributed by atoms with Crippen molar-refractivity contribution in [2.75, 3.05) is 26.7 Å². The highest BCUT2D eigenvalue weighted by Gasteiger charge is 2.28. The lowest BCUT2D eigenvalue weighted by molar-refractivity contribution is -0.0502. The largest absolute Gasteiger partial charge is 0.444 e. The zero-order valence-corrected chi connectivity index (χ0v) is 9.86. The highest BCUT2D eigenvalue weighted by molar-refractivity contribution is 5.68. The molecule has 88 valence electrons.